The van der Waals surface area contributed by atoms with Gasteiger partial charge in [0.1, 0.15) is 6.04 Å². The first kappa shape index (κ1) is 17.1. The van der Waals surface area contributed by atoms with Gasteiger partial charge in [0.15, 0.2) is 0 Å². The lowest BCUT2D eigenvalue weighted by atomic mass is 10.2. The molecule has 9 heteroatoms. The summed E-state index contributed by atoms with van der Waals surface area (Å²) >= 11 is 1.65. The van der Waals surface area contributed by atoms with Gasteiger partial charge >= 0.3 is 0 Å². The molecule has 2 aromatic rings. The van der Waals surface area contributed by atoms with Crippen molar-refractivity contribution in [3.63, 3.8) is 0 Å². The minimum Gasteiger partial charge on any atom is -0.354 e. The lowest BCUT2D eigenvalue weighted by Gasteiger charge is -2.32. The van der Waals surface area contributed by atoms with Crippen molar-refractivity contribution in [1.29, 1.82) is 0 Å². The Morgan fingerprint density at radius 1 is 1.50 bits per heavy atom. The van der Waals surface area contributed by atoms with Gasteiger partial charge in [-0.3, -0.25) is 4.79 Å². The maximum absolute atomic E-state index is 12.6. The second kappa shape index (κ2) is 7.04. The largest absolute Gasteiger partial charge is 0.354 e. The number of hydrogen-bond acceptors (Lipinski definition) is 5. The Labute approximate surface area is 145 Å². The van der Waals surface area contributed by atoms with Crippen LogP contribution >= 0.6 is 11.3 Å². The number of imidazole rings is 1. The molecule has 0 spiro atoms. The van der Waals surface area contributed by atoms with Crippen LogP contribution in [0.25, 0.3) is 0 Å². The van der Waals surface area contributed by atoms with Crippen molar-refractivity contribution >= 4 is 27.3 Å². The van der Waals surface area contributed by atoms with E-state index in [2.05, 4.69) is 10.3 Å². The monoisotopic (exact) mass is 368 g/mol. The Morgan fingerprint density at radius 3 is 3.04 bits per heavy atom. The molecule has 0 saturated heterocycles. The molecular weight excluding hydrogens is 348 g/mol. The number of nitrogens with zero attached hydrogens (tertiary/aromatic N) is 3. The number of thiophene rings is 1. The van der Waals surface area contributed by atoms with E-state index in [9.17, 15) is 13.2 Å². The Balaban J connectivity index is 1.70. The molecule has 0 fully saturated rings. The average Bonchev–Trinajstić information content (AvgIpc) is 3.24. The van der Waals surface area contributed by atoms with E-state index in [0.29, 0.717) is 6.54 Å². The molecule has 0 aromatic carbocycles. The summed E-state index contributed by atoms with van der Waals surface area (Å²) in [4.78, 5) is 17.8. The van der Waals surface area contributed by atoms with Gasteiger partial charge in [0.25, 0.3) is 0 Å². The summed E-state index contributed by atoms with van der Waals surface area (Å²) in [7, 11) is -3.35. The van der Waals surface area contributed by atoms with Gasteiger partial charge in [-0.2, -0.15) is 4.31 Å². The third kappa shape index (κ3) is 3.52. The van der Waals surface area contributed by atoms with Gasteiger partial charge in [-0.1, -0.05) is 6.07 Å². The van der Waals surface area contributed by atoms with E-state index in [-0.39, 0.29) is 24.7 Å². The van der Waals surface area contributed by atoms with Gasteiger partial charge in [0.2, 0.25) is 15.9 Å². The molecule has 3 rings (SSSR count). The maximum Gasteiger partial charge on any atom is 0.244 e. The number of carbonyl (C=O) groups excluding carboxylic acids is 1. The maximum atomic E-state index is 12.6. The first-order valence-electron chi connectivity index (χ1n) is 7.80. The number of aromatic nitrogens is 2. The second-order valence-electron chi connectivity index (χ2n) is 5.62. The molecule has 1 aliphatic heterocycles. The molecule has 1 atom stereocenters. The molecule has 3 heterocycles. The molecule has 7 nitrogen and oxygen atoms in total. The molecule has 2 aromatic heterocycles. The summed E-state index contributed by atoms with van der Waals surface area (Å²) in [5.41, 5.74) is 0.733. The topological polar surface area (TPSA) is 84.3 Å². The van der Waals surface area contributed by atoms with Crippen molar-refractivity contribution in [2.24, 2.45) is 0 Å². The Morgan fingerprint density at radius 2 is 2.33 bits per heavy atom. The molecule has 0 aliphatic carbocycles. The predicted octanol–water partition coefficient (Wildman–Crippen LogP) is 1.01. The van der Waals surface area contributed by atoms with E-state index in [0.717, 1.165) is 12.1 Å². The highest BCUT2D eigenvalue weighted by Crippen LogP contribution is 2.23. The van der Waals surface area contributed by atoms with Crippen LogP contribution in [0.3, 0.4) is 0 Å². The highest BCUT2D eigenvalue weighted by atomic mass is 32.2. The van der Waals surface area contributed by atoms with E-state index in [1.165, 1.54) is 9.18 Å². The van der Waals surface area contributed by atoms with Gasteiger partial charge in [0.05, 0.1) is 24.3 Å². The van der Waals surface area contributed by atoms with Crippen LogP contribution in [0.1, 0.15) is 23.5 Å². The molecule has 0 saturated carbocycles. The molecule has 1 N–H and O–H groups in total. The fraction of sp³-hybridized carbons (Fsp3) is 0.467. The van der Waals surface area contributed by atoms with Crippen molar-refractivity contribution in [3.05, 3.63) is 40.6 Å². The molecule has 24 heavy (non-hydrogen) atoms. The normalized spacial score (nSPS) is 18.3. The number of nitrogens with one attached hydrogen (secondary N) is 1. The van der Waals surface area contributed by atoms with Gasteiger partial charge in [0, 0.05) is 24.2 Å². The van der Waals surface area contributed by atoms with E-state index in [1.807, 2.05) is 17.5 Å². The van der Waals surface area contributed by atoms with Crippen molar-refractivity contribution in [3.8, 4) is 0 Å². The fourth-order valence-electron chi connectivity index (χ4n) is 2.75. The zero-order valence-electron chi connectivity index (χ0n) is 13.4. The van der Waals surface area contributed by atoms with E-state index >= 15 is 0 Å². The first-order valence-corrected chi connectivity index (χ1v) is 10.3. The number of fused-ring (bicyclic) bond motifs is 1. The standard InChI is InChI=1S/C15H20N4O3S2/c1-2-24(21,22)18-9-12-8-16-11-19(12)14(10-18)15(20)17-6-5-13-4-3-7-23-13/h3-4,7-8,11,14H,2,5-6,9-10H2,1H3,(H,17,20). The summed E-state index contributed by atoms with van der Waals surface area (Å²) < 4.78 is 27.5. The Kier molecular flexibility index (Phi) is 5.02. The number of hydrogen-bond donors (Lipinski definition) is 1. The third-order valence-corrected chi connectivity index (χ3v) is 6.84. The van der Waals surface area contributed by atoms with Crippen LogP contribution < -0.4 is 5.32 Å². The molecule has 1 aliphatic rings. The molecule has 130 valence electrons. The number of amides is 1. The number of rotatable bonds is 6. The predicted molar refractivity (Wildman–Crippen MR) is 92.2 cm³/mol. The SMILES string of the molecule is CCS(=O)(=O)N1Cc2cncn2C(C(=O)NCCc2cccs2)C1. The fourth-order valence-corrected chi connectivity index (χ4v) is 4.52. The summed E-state index contributed by atoms with van der Waals surface area (Å²) in [5.74, 6) is -0.157. The molecule has 1 amide bonds. The van der Waals surface area contributed by atoms with Gasteiger partial charge in [-0.15, -0.1) is 11.3 Å². The zero-order valence-corrected chi connectivity index (χ0v) is 15.0. The van der Waals surface area contributed by atoms with Crippen LogP contribution in [-0.4, -0.2) is 47.0 Å². The third-order valence-electron chi connectivity index (χ3n) is 4.11. The molecule has 0 radical (unpaired) electrons. The van der Waals surface area contributed by atoms with Gasteiger partial charge in [-0.25, -0.2) is 13.4 Å². The number of carbonyl (C=O) groups is 1. The van der Waals surface area contributed by atoms with Crippen LogP contribution in [0.5, 0.6) is 0 Å². The average molecular weight is 368 g/mol. The van der Waals surface area contributed by atoms with Crippen molar-refractivity contribution in [2.75, 3.05) is 18.8 Å². The zero-order chi connectivity index (χ0) is 17.2. The minimum absolute atomic E-state index is 0.0217. The van der Waals surface area contributed by atoms with E-state index in [4.69, 9.17) is 0 Å². The molecular formula is C15H20N4O3S2. The summed E-state index contributed by atoms with van der Waals surface area (Å²) in [6.45, 7) is 2.54. The summed E-state index contributed by atoms with van der Waals surface area (Å²) in [6, 6.07) is 3.43. The van der Waals surface area contributed by atoms with Crippen LogP contribution in [0.4, 0.5) is 0 Å². The van der Waals surface area contributed by atoms with Crippen molar-refractivity contribution < 1.29 is 13.2 Å². The molecule has 1 unspecified atom stereocenters. The van der Waals surface area contributed by atoms with Gasteiger partial charge in [-0.05, 0) is 24.8 Å². The van der Waals surface area contributed by atoms with Crippen LogP contribution in [-0.2, 0) is 27.8 Å². The highest BCUT2D eigenvalue weighted by molar-refractivity contribution is 7.89. The van der Waals surface area contributed by atoms with Crippen LogP contribution in [0.15, 0.2) is 30.0 Å². The van der Waals surface area contributed by atoms with E-state index in [1.54, 1.807) is 35.4 Å². The van der Waals surface area contributed by atoms with Crippen molar-refractivity contribution in [1.82, 2.24) is 19.2 Å². The summed E-state index contributed by atoms with van der Waals surface area (Å²) in [6.07, 6.45) is 3.97. The minimum atomic E-state index is -3.35. The second-order valence-corrected chi connectivity index (χ2v) is 8.91. The quantitative estimate of drug-likeness (QED) is 0.825. The van der Waals surface area contributed by atoms with Crippen molar-refractivity contribution in [2.45, 2.75) is 25.9 Å². The first-order chi connectivity index (χ1) is 11.5. The Bertz CT molecular complexity index is 799. The number of sulfonamides is 1. The Hall–Kier alpha value is -1.71. The van der Waals surface area contributed by atoms with E-state index < -0.39 is 16.1 Å². The summed E-state index contributed by atoms with van der Waals surface area (Å²) in [5, 5.41) is 4.91. The smallest absolute Gasteiger partial charge is 0.244 e. The lowest BCUT2D eigenvalue weighted by molar-refractivity contribution is -0.125. The van der Waals surface area contributed by atoms with Gasteiger partial charge < -0.3 is 9.88 Å². The lowest BCUT2D eigenvalue weighted by Crippen LogP contribution is -2.47. The highest BCUT2D eigenvalue weighted by Gasteiger charge is 2.34. The van der Waals surface area contributed by atoms with Crippen LogP contribution in [0, 0.1) is 0 Å². The van der Waals surface area contributed by atoms with Crippen LogP contribution in [0.2, 0.25) is 0 Å². The molecule has 0 bridgehead atoms.